The first-order valence-corrected chi connectivity index (χ1v) is 5.92. The summed E-state index contributed by atoms with van der Waals surface area (Å²) < 4.78 is 38.5. The Morgan fingerprint density at radius 2 is 2.15 bits per heavy atom. The summed E-state index contributed by atoms with van der Waals surface area (Å²) in [6.07, 6.45) is -4.20. The maximum atomic E-state index is 12.8. The van der Waals surface area contributed by atoms with E-state index in [1.54, 1.807) is 4.90 Å². The molecule has 0 spiro atoms. The molecule has 0 aliphatic carbocycles. The van der Waals surface area contributed by atoms with Crippen molar-refractivity contribution >= 4 is 11.7 Å². The van der Waals surface area contributed by atoms with Crippen molar-refractivity contribution in [3.8, 4) is 6.07 Å². The second-order valence-corrected chi connectivity index (χ2v) is 4.61. The van der Waals surface area contributed by atoms with Gasteiger partial charge in [0, 0.05) is 18.8 Å². The standard InChI is InChI=1S/C13H11F3N2O2/c14-13(15,16)11-5-10(2-1-8(11)6-17)18-4-3-9(7-18)12(19)20/h1-2,5,9H,3-4,7H2,(H,19,20). The van der Waals surface area contributed by atoms with E-state index in [4.69, 9.17) is 10.4 Å². The maximum absolute atomic E-state index is 12.8. The van der Waals surface area contributed by atoms with Gasteiger partial charge in [-0.15, -0.1) is 0 Å². The van der Waals surface area contributed by atoms with Gasteiger partial charge in [0.1, 0.15) is 0 Å². The van der Waals surface area contributed by atoms with Gasteiger partial charge in [-0.05, 0) is 24.6 Å². The van der Waals surface area contributed by atoms with E-state index in [-0.39, 0.29) is 6.54 Å². The molecule has 0 aromatic heterocycles. The van der Waals surface area contributed by atoms with E-state index in [9.17, 15) is 18.0 Å². The van der Waals surface area contributed by atoms with Crippen molar-refractivity contribution in [2.24, 2.45) is 5.92 Å². The number of hydrogen-bond acceptors (Lipinski definition) is 3. The van der Waals surface area contributed by atoms with Gasteiger partial charge in [-0.25, -0.2) is 0 Å². The molecule has 4 nitrogen and oxygen atoms in total. The Labute approximate surface area is 113 Å². The molecule has 0 radical (unpaired) electrons. The van der Waals surface area contributed by atoms with Crippen LogP contribution in [0.15, 0.2) is 18.2 Å². The first kappa shape index (κ1) is 14.2. The Kier molecular flexibility index (Phi) is 3.57. The second kappa shape index (κ2) is 5.04. The van der Waals surface area contributed by atoms with Crippen molar-refractivity contribution in [2.75, 3.05) is 18.0 Å². The molecule has 1 N–H and O–H groups in total. The molecule has 0 amide bonds. The van der Waals surface area contributed by atoms with Crippen LogP contribution in [0.2, 0.25) is 0 Å². The molecule has 1 aliphatic heterocycles. The third kappa shape index (κ3) is 2.69. The van der Waals surface area contributed by atoms with Crippen LogP contribution in [0.1, 0.15) is 17.5 Å². The molecular formula is C13H11F3N2O2. The SMILES string of the molecule is N#Cc1ccc(N2CCC(C(=O)O)C2)cc1C(F)(F)F. The summed E-state index contributed by atoms with van der Waals surface area (Å²) >= 11 is 0. The molecule has 2 rings (SSSR count). The number of nitriles is 1. The van der Waals surface area contributed by atoms with Crippen LogP contribution in [0.25, 0.3) is 0 Å². The van der Waals surface area contributed by atoms with E-state index < -0.39 is 29.2 Å². The van der Waals surface area contributed by atoms with Crippen molar-refractivity contribution in [1.29, 1.82) is 5.26 Å². The maximum Gasteiger partial charge on any atom is 0.417 e. The van der Waals surface area contributed by atoms with E-state index in [2.05, 4.69) is 0 Å². The summed E-state index contributed by atoms with van der Waals surface area (Å²) in [5.41, 5.74) is -1.13. The van der Waals surface area contributed by atoms with Gasteiger partial charge in [0.2, 0.25) is 0 Å². The number of hydrogen-bond donors (Lipinski definition) is 1. The van der Waals surface area contributed by atoms with Crippen LogP contribution < -0.4 is 4.90 Å². The molecule has 1 aromatic carbocycles. The lowest BCUT2D eigenvalue weighted by atomic mass is 10.1. The Morgan fingerprint density at radius 1 is 1.45 bits per heavy atom. The number of carbonyl (C=O) groups is 1. The van der Waals surface area contributed by atoms with E-state index in [0.29, 0.717) is 18.7 Å². The monoisotopic (exact) mass is 284 g/mol. The van der Waals surface area contributed by atoms with Gasteiger partial charge >= 0.3 is 12.1 Å². The Morgan fingerprint density at radius 3 is 2.65 bits per heavy atom. The molecule has 0 bridgehead atoms. The van der Waals surface area contributed by atoms with Crippen LogP contribution in [-0.2, 0) is 11.0 Å². The van der Waals surface area contributed by atoms with Gasteiger partial charge in [-0.1, -0.05) is 0 Å². The number of halogens is 3. The number of aliphatic carboxylic acids is 1. The summed E-state index contributed by atoms with van der Waals surface area (Å²) in [7, 11) is 0. The Hall–Kier alpha value is -2.23. The minimum absolute atomic E-state index is 0.179. The highest BCUT2D eigenvalue weighted by atomic mass is 19.4. The molecule has 7 heteroatoms. The van der Waals surface area contributed by atoms with Gasteiger partial charge in [0.15, 0.2) is 0 Å². The highest BCUT2D eigenvalue weighted by Gasteiger charge is 2.35. The molecule has 1 heterocycles. The van der Waals surface area contributed by atoms with Crippen LogP contribution in [0.5, 0.6) is 0 Å². The average Bonchev–Trinajstić information content (AvgIpc) is 2.86. The third-order valence-corrected chi connectivity index (χ3v) is 3.33. The number of benzene rings is 1. The smallest absolute Gasteiger partial charge is 0.417 e. The highest BCUT2D eigenvalue weighted by Crippen LogP contribution is 2.35. The predicted molar refractivity (Wildman–Crippen MR) is 64.1 cm³/mol. The first-order valence-electron chi connectivity index (χ1n) is 5.92. The Bertz CT molecular complexity index is 578. The van der Waals surface area contributed by atoms with Crippen LogP contribution in [0.4, 0.5) is 18.9 Å². The molecular weight excluding hydrogens is 273 g/mol. The van der Waals surface area contributed by atoms with Crippen LogP contribution in [0, 0.1) is 17.2 Å². The topological polar surface area (TPSA) is 64.3 Å². The molecule has 20 heavy (non-hydrogen) atoms. The Balaban J connectivity index is 2.31. The number of carboxylic acids is 1. The fourth-order valence-corrected chi connectivity index (χ4v) is 2.26. The molecule has 1 aromatic rings. The minimum atomic E-state index is -4.60. The number of anilines is 1. The van der Waals surface area contributed by atoms with E-state index in [0.717, 1.165) is 12.1 Å². The average molecular weight is 284 g/mol. The number of alkyl halides is 3. The molecule has 106 valence electrons. The van der Waals surface area contributed by atoms with Gasteiger partial charge in [-0.2, -0.15) is 18.4 Å². The van der Waals surface area contributed by atoms with Gasteiger partial charge < -0.3 is 10.0 Å². The van der Waals surface area contributed by atoms with Crippen molar-refractivity contribution < 1.29 is 23.1 Å². The molecule has 1 saturated heterocycles. The predicted octanol–water partition coefficient (Wildman–Crippen LogP) is 2.49. The molecule has 1 aliphatic rings. The lowest BCUT2D eigenvalue weighted by Crippen LogP contribution is -2.23. The van der Waals surface area contributed by atoms with Crippen LogP contribution in [0.3, 0.4) is 0 Å². The van der Waals surface area contributed by atoms with E-state index in [1.807, 2.05) is 0 Å². The summed E-state index contributed by atoms with van der Waals surface area (Å²) in [5, 5.41) is 17.6. The van der Waals surface area contributed by atoms with E-state index in [1.165, 1.54) is 12.1 Å². The van der Waals surface area contributed by atoms with Crippen molar-refractivity contribution in [1.82, 2.24) is 0 Å². The fraction of sp³-hybridized carbons (Fsp3) is 0.385. The molecule has 1 atom stereocenters. The normalized spacial score (nSPS) is 18.9. The largest absolute Gasteiger partial charge is 0.481 e. The lowest BCUT2D eigenvalue weighted by molar-refractivity contribution is -0.141. The van der Waals surface area contributed by atoms with Crippen LogP contribution in [-0.4, -0.2) is 24.2 Å². The second-order valence-electron chi connectivity index (χ2n) is 4.61. The summed E-state index contributed by atoms with van der Waals surface area (Å²) in [6, 6.07) is 4.95. The highest BCUT2D eigenvalue weighted by molar-refractivity contribution is 5.72. The molecule has 1 fully saturated rings. The van der Waals surface area contributed by atoms with Gasteiger partial charge in [0.05, 0.1) is 23.1 Å². The first-order chi connectivity index (χ1) is 9.32. The molecule has 0 saturated carbocycles. The fourth-order valence-electron chi connectivity index (χ4n) is 2.26. The number of rotatable bonds is 2. The summed E-state index contributed by atoms with van der Waals surface area (Å²) in [5.74, 6) is -1.52. The van der Waals surface area contributed by atoms with Crippen molar-refractivity contribution in [3.05, 3.63) is 29.3 Å². The number of nitrogens with zero attached hydrogens (tertiary/aromatic N) is 2. The van der Waals surface area contributed by atoms with Gasteiger partial charge in [0.25, 0.3) is 0 Å². The van der Waals surface area contributed by atoms with E-state index >= 15 is 0 Å². The lowest BCUT2D eigenvalue weighted by Gasteiger charge is -2.20. The zero-order chi connectivity index (χ0) is 14.9. The van der Waals surface area contributed by atoms with Crippen LogP contribution >= 0.6 is 0 Å². The van der Waals surface area contributed by atoms with Gasteiger partial charge in [-0.3, -0.25) is 4.79 Å². The zero-order valence-corrected chi connectivity index (χ0v) is 10.3. The third-order valence-electron chi connectivity index (χ3n) is 3.33. The van der Waals surface area contributed by atoms with Crippen molar-refractivity contribution in [3.63, 3.8) is 0 Å². The van der Waals surface area contributed by atoms with Crippen molar-refractivity contribution in [2.45, 2.75) is 12.6 Å². The molecule has 1 unspecified atom stereocenters. The minimum Gasteiger partial charge on any atom is -0.481 e. The quantitative estimate of drug-likeness (QED) is 0.906. The zero-order valence-electron chi connectivity index (χ0n) is 10.3. The number of carboxylic acid groups (broad SMARTS) is 1. The summed E-state index contributed by atoms with van der Waals surface area (Å²) in [4.78, 5) is 12.4. The summed E-state index contributed by atoms with van der Waals surface area (Å²) in [6.45, 7) is 0.568.